The van der Waals surface area contributed by atoms with Crippen LogP contribution in [0.2, 0.25) is 0 Å². The van der Waals surface area contributed by atoms with E-state index in [1.807, 2.05) is 24.3 Å². The fourth-order valence-corrected chi connectivity index (χ4v) is 0.993. The summed E-state index contributed by atoms with van der Waals surface area (Å²) >= 11 is 0. The molecule has 2 rings (SSSR count). The maximum Gasteiger partial charge on any atom is 0.144 e. The molecule has 0 spiro atoms. The molecular formula is C10H9NO2. The van der Waals surface area contributed by atoms with E-state index in [9.17, 15) is 0 Å². The van der Waals surface area contributed by atoms with E-state index in [0.717, 1.165) is 11.5 Å². The molecule has 2 aromatic rings. The number of nitrogens with zero attached hydrogens (tertiary/aromatic N) is 1. The van der Waals surface area contributed by atoms with E-state index in [1.54, 1.807) is 18.7 Å². The van der Waals surface area contributed by atoms with Gasteiger partial charge >= 0.3 is 0 Å². The quantitative estimate of drug-likeness (QED) is 0.672. The molecule has 0 saturated heterocycles. The minimum absolute atomic E-state index is 0.549. The van der Waals surface area contributed by atoms with Gasteiger partial charge in [-0.3, -0.25) is 4.99 Å². The molecule has 2 aromatic heterocycles. The summed E-state index contributed by atoms with van der Waals surface area (Å²) in [4.78, 5) is 4.14. The van der Waals surface area contributed by atoms with Crippen molar-refractivity contribution in [3.63, 3.8) is 0 Å². The molecule has 0 saturated carbocycles. The second-order valence-electron chi connectivity index (χ2n) is 2.56. The van der Waals surface area contributed by atoms with Gasteiger partial charge in [-0.15, -0.1) is 0 Å². The second-order valence-corrected chi connectivity index (χ2v) is 2.56. The van der Waals surface area contributed by atoms with Gasteiger partial charge < -0.3 is 8.83 Å². The summed E-state index contributed by atoms with van der Waals surface area (Å²) in [6.45, 7) is 0.549. The fourth-order valence-electron chi connectivity index (χ4n) is 0.993. The smallest absolute Gasteiger partial charge is 0.144 e. The van der Waals surface area contributed by atoms with Crippen LogP contribution in [0.1, 0.15) is 11.5 Å². The van der Waals surface area contributed by atoms with Crippen molar-refractivity contribution in [2.45, 2.75) is 6.54 Å². The van der Waals surface area contributed by atoms with Crippen LogP contribution in [0.15, 0.2) is 50.6 Å². The van der Waals surface area contributed by atoms with Gasteiger partial charge in [0.25, 0.3) is 0 Å². The van der Waals surface area contributed by atoms with Crippen molar-refractivity contribution in [1.82, 2.24) is 0 Å². The summed E-state index contributed by atoms with van der Waals surface area (Å²) < 4.78 is 10.2. The number of aliphatic imine (C=N–C) groups is 1. The first-order valence-electron chi connectivity index (χ1n) is 4.01. The van der Waals surface area contributed by atoms with Gasteiger partial charge in [-0.2, -0.15) is 0 Å². The molecule has 13 heavy (non-hydrogen) atoms. The third kappa shape index (κ3) is 2.08. The van der Waals surface area contributed by atoms with Gasteiger partial charge in [0.2, 0.25) is 0 Å². The highest BCUT2D eigenvalue weighted by Gasteiger charge is 1.91. The predicted octanol–water partition coefficient (Wildman–Crippen LogP) is 2.49. The fraction of sp³-hybridized carbons (Fsp3) is 0.100. The van der Waals surface area contributed by atoms with Crippen LogP contribution in [0.5, 0.6) is 0 Å². The SMILES string of the molecule is C(=NCc1ccco1)c1ccco1. The van der Waals surface area contributed by atoms with E-state index in [4.69, 9.17) is 8.83 Å². The zero-order valence-corrected chi connectivity index (χ0v) is 7.01. The van der Waals surface area contributed by atoms with Crippen LogP contribution >= 0.6 is 0 Å². The van der Waals surface area contributed by atoms with Gasteiger partial charge in [-0.1, -0.05) is 0 Å². The summed E-state index contributed by atoms with van der Waals surface area (Å²) in [5.74, 6) is 1.61. The lowest BCUT2D eigenvalue weighted by Gasteiger charge is -1.86. The van der Waals surface area contributed by atoms with Crippen LogP contribution in [0, 0.1) is 0 Å². The van der Waals surface area contributed by atoms with E-state index in [2.05, 4.69) is 4.99 Å². The van der Waals surface area contributed by atoms with Crippen molar-refractivity contribution in [1.29, 1.82) is 0 Å². The van der Waals surface area contributed by atoms with Crippen molar-refractivity contribution < 1.29 is 8.83 Å². The van der Waals surface area contributed by atoms with E-state index >= 15 is 0 Å². The second kappa shape index (κ2) is 3.76. The van der Waals surface area contributed by atoms with Gasteiger partial charge in [-0.25, -0.2) is 0 Å². The average molecular weight is 175 g/mol. The molecule has 0 aromatic carbocycles. The summed E-state index contributed by atoms with van der Waals surface area (Å²) in [5.41, 5.74) is 0. The molecule has 0 radical (unpaired) electrons. The zero-order valence-electron chi connectivity index (χ0n) is 7.01. The van der Waals surface area contributed by atoms with Crippen molar-refractivity contribution in [2.24, 2.45) is 4.99 Å². The van der Waals surface area contributed by atoms with Crippen molar-refractivity contribution in [3.8, 4) is 0 Å². The molecule has 0 aliphatic carbocycles. The maximum atomic E-state index is 5.11. The Morgan fingerprint density at radius 2 is 2.00 bits per heavy atom. The van der Waals surface area contributed by atoms with Crippen LogP contribution in [0.25, 0.3) is 0 Å². The van der Waals surface area contributed by atoms with Crippen LogP contribution in [0.3, 0.4) is 0 Å². The molecule has 0 amide bonds. The van der Waals surface area contributed by atoms with Gasteiger partial charge in [0.15, 0.2) is 0 Å². The highest BCUT2D eigenvalue weighted by atomic mass is 16.3. The lowest BCUT2D eigenvalue weighted by atomic mass is 10.4. The molecule has 3 nitrogen and oxygen atoms in total. The zero-order chi connectivity index (χ0) is 8.93. The minimum Gasteiger partial charge on any atom is -0.467 e. The molecule has 0 aliphatic heterocycles. The third-order valence-corrected chi connectivity index (χ3v) is 1.59. The van der Waals surface area contributed by atoms with Gasteiger partial charge in [0, 0.05) is 0 Å². The number of hydrogen-bond acceptors (Lipinski definition) is 3. The van der Waals surface area contributed by atoms with E-state index in [-0.39, 0.29) is 0 Å². The Morgan fingerprint density at radius 1 is 1.15 bits per heavy atom. The lowest BCUT2D eigenvalue weighted by molar-refractivity contribution is 0.512. The largest absolute Gasteiger partial charge is 0.467 e. The Morgan fingerprint density at radius 3 is 2.69 bits per heavy atom. The van der Waals surface area contributed by atoms with Crippen molar-refractivity contribution >= 4 is 6.21 Å². The molecule has 66 valence electrons. The van der Waals surface area contributed by atoms with Crippen LogP contribution in [-0.4, -0.2) is 6.21 Å². The third-order valence-electron chi connectivity index (χ3n) is 1.59. The van der Waals surface area contributed by atoms with E-state index < -0.39 is 0 Å². The topological polar surface area (TPSA) is 38.6 Å². The molecule has 2 heterocycles. The number of hydrogen-bond donors (Lipinski definition) is 0. The lowest BCUT2D eigenvalue weighted by Crippen LogP contribution is -1.78. The van der Waals surface area contributed by atoms with Crippen LogP contribution in [-0.2, 0) is 6.54 Å². The first kappa shape index (κ1) is 7.86. The summed E-state index contributed by atoms with van der Waals surface area (Å²) in [6, 6.07) is 7.41. The minimum atomic E-state index is 0.549. The Bertz CT molecular complexity index is 360. The van der Waals surface area contributed by atoms with E-state index in [0.29, 0.717) is 6.54 Å². The first-order chi connectivity index (χ1) is 6.45. The Kier molecular flexibility index (Phi) is 2.27. The average Bonchev–Trinajstić information content (AvgIpc) is 2.75. The summed E-state index contributed by atoms with van der Waals surface area (Å²) in [7, 11) is 0. The normalized spacial score (nSPS) is 11.1. The molecule has 0 fully saturated rings. The molecule has 0 aliphatic rings. The maximum absolute atomic E-state index is 5.11. The van der Waals surface area contributed by atoms with Gasteiger partial charge in [0.05, 0.1) is 25.3 Å². The first-order valence-corrected chi connectivity index (χ1v) is 4.01. The van der Waals surface area contributed by atoms with E-state index in [1.165, 1.54) is 0 Å². The van der Waals surface area contributed by atoms with Crippen LogP contribution < -0.4 is 0 Å². The summed E-state index contributed by atoms with van der Waals surface area (Å²) in [5, 5.41) is 0. The number of furan rings is 2. The Hall–Kier alpha value is -1.77. The molecule has 0 bridgehead atoms. The van der Waals surface area contributed by atoms with Gasteiger partial charge in [-0.05, 0) is 24.3 Å². The highest BCUT2D eigenvalue weighted by molar-refractivity contribution is 5.75. The molecule has 0 N–H and O–H groups in total. The molecule has 3 heteroatoms. The predicted molar refractivity (Wildman–Crippen MR) is 48.7 cm³/mol. The summed E-state index contributed by atoms with van der Waals surface area (Å²) in [6.07, 6.45) is 4.94. The monoisotopic (exact) mass is 175 g/mol. The van der Waals surface area contributed by atoms with Gasteiger partial charge in [0.1, 0.15) is 11.5 Å². The van der Waals surface area contributed by atoms with Crippen LogP contribution in [0.4, 0.5) is 0 Å². The molecular weight excluding hydrogens is 166 g/mol. The van der Waals surface area contributed by atoms with Crippen molar-refractivity contribution in [2.75, 3.05) is 0 Å². The number of rotatable bonds is 3. The molecule has 0 atom stereocenters. The standard InChI is InChI=1S/C10H9NO2/c1-3-9(12-5-1)7-11-8-10-4-2-6-13-10/h1-7H,8H2. The molecule has 0 unspecified atom stereocenters. The van der Waals surface area contributed by atoms with Crippen molar-refractivity contribution in [3.05, 3.63) is 48.3 Å². The Labute approximate surface area is 75.7 Å². The highest BCUT2D eigenvalue weighted by Crippen LogP contribution is 2.02. The Balaban J connectivity index is 1.93.